The van der Waals surface area contributed by atoms with Crippen molar-refractivity contribution in [1.29, 1.82) is 0 Å². The second kappa shape index (κ2) is 8.47. The van der Waals surface area contributed by atoms with Gasteiger partial charge in [-0.15, -0.1) is 11.3 Å². The highest BCUT2D eigenvalue weighted by molar-refractivity contribution is 8.26. The molecule has 0 saturated carbocycles. The van der Waals surface area contributed by atoms with Gasteiger partial charge >= 0.3 is 0 Å². The molecule has 25 heavy (non-hydrogen) atoms. The van der Waals surface area contributed by atoms with Gasteiger partial charge in [-0.05, 0) is 43.2 Å². The van der Waals surface area contributed by atoms with Crippen molar-refractivity contribution in [2.45, 2.75) is 45.1 Å². The van der Waals surface area contributed by atoms with Crippen molar-refractivity contribution in [3.8, 4) is 0 Å². The largest absolute Gasteiger partial charge is 0.340 e. The molecule has 4 nitrogen and oxygen atoms in total. The molecule has 134 valence electrons. The number of thioether (sulfide) groups is 1. The summed E-state index contributed by atoms with van der Waals surface area (Å²) in [5.74, 6) is 0.0599. The van der Waals surface area contributed by atoms with E-state index in [0.29, 0.717) is 28.2 Å². The van der Waals surface area contributed by atoms with Gasteiger partial charge in [-0.1, -0.05) is 37.0 Å². The third-order valence-electron chi connectivity index (χ3n) is 4.66. The van der Waals surface area contributed by atoms with Gasteiger partial charge in [-0.3, -0.25) is 14.5 Å². The van der Waals surface area contributed by atoms with E-state index in [1.807, 2.05) is 28.5 Å². The highest BCUT2D eigenvalue weighted by Gasteiger charge is 2.33. The molecule has 2 fully saturated rings. The highest BCUT2D eigenvalue weighted by Crippen LogP contribution is 2.33. The lowest BCUT2D eigenvalue weighted by molar-refractivity contribution is -0.135. The Balaban J connectivity index is 1.60. The summed E-state index contributed by atoms with van der Waals surface area (Å²) in [4.78, 5) is 30.4. The van der Waals surface area contributed by atoms with Crippen molar-refractivity contribution in [3.63, 3.8) is 0 Å². The van der Waals surface area contributed by atoms with E-state index < -0.39 is 0 Å². The summed E-state index contributed by atoms with van der Waals surface area (Å²) in [5.41, 5.74) is 0. The molecule has 2 saturated heterocycles. The van der Waals surface area contributed by atoms with Crippen LogP contribution in [0.5, 0.6) is 0 Å². The number of amides is 2. The van der Waals surface area contributed by atoms with Gasteiger partial charge in [-0.2, -0.15) is 0 Å². The van der Waals surface area contributed by atoms with Crippen molar-refractivity contribution < 1.29 is 9.59 Å². The number of carbonyl (C=O) groups excluding carboxylic acids is 2. The average molecular weight is 395 g/mol. The van der Waals surface area contributed by atoms with Crippen LogP contribution in [0.2, 0.25) is 0 Å². The maximum Gasteiger partial charge on any atom is 0.266 e. The van der Waals surface area contributed by atoms with Crippen LogP contribution in [-0.4, -0.2) is 45.1 Å². The van der Waals surface area contributed by atoms with Gasteiger partial charge in [0.05, 0.1) is 4.91 Å². The number of likely N-dealkylation sites (tertiary alicyclic amines) is 1. The molecule has 2 aliphatic heterocycles. The molecule has 0 spiro atoms. The first-order chi connectivity index (χ1) is 12.1. The highest BCUT2D eigenvalue weighted by atomic mass is 32.2. The molecule has 0 bridgehead atoms. The average Bonchev–Trinajstić information content (AvgIpc) is 3.22. The molecule has 0 aromatic carbocycles. The van der Waals surface area contributed by atoms with Crippen molar-refractivity contribution in [3.05, 3.63) is 27.3 Å². The number of nitrogens with zero attached hydrogens (tertiary/aromatic N) is 2. The zero-order chi connectivity index (χ0) is 17.8. The molecule has 1 aromatic heterocycles. The Hall–Kier alpha value is -1.18. The maximum absolute atomic E-state index is 12.6. The second-order valence-corrected chi connectivity index (χ2v) is 8.90. The molecule has 3 heterocycles. The summed E-state index contributed by atoms with van der Waals surface area (Å²) in [6.07, 6.45) is 6.58. The van der Waals surface area contributed by atoms with Crippen LogP contribution in [0.3, 0.4) is 0 Å². The number of piperidine rings is 1. The zero-order valence-electron chi connectivity index (χ0n) is 14.3. The smallest absolute Gasteiger partial charge is 0.266 e. The molecule has 1 aromatic rings. The molecule has 3 rings (SSSR count). The minimum absolute atomic E-state index is 0.0816. The fraction of sp³-hybridized carbons (Fsp3) is 0.500. The minimum atomic E-state index is -0.0816. The van der Waals surface area contributed by atoms with Gasteiger partial charge in [0.25, 0.3) is 5.91 Å². The third-order valence-corrected chi connectivity index (χ3v) is 6.86. The second-order valence-electron chi connectivity index (χ2n) is 6.24. The van der Waals surface area contributed by atoms with Crippen molar-refractivity contribution >= 4 is 57.5 Å². The van der Waals surface area contributed by atoms with Crippen molar-refractivity contribution in [1.82, 2.24) is 9.80 Å². The van der Waals surface area contributed by atoms with Crippen LogP contribution in [-0.2, 0) is 9.59 Å². The van der Waals surface area contributed by atoms with Gasteiger partial charge < -0.3 is 4.90 Å². The summed E-state index contributed by atoms with van der Waals surface area (Å²) in [7, 11) is 0. The van der Waals surface area contributed by atoms with Crippen LogP contribution in [0.15, 0.2) is 22.4 Å². The number of hydrogen-bond acceptors (Lipinski definition) is 5. The van der Waals surface area contributed by atoms with E-state index in [-0.39, 0.29) is 11.8 Å². The quantitative estimate of drug-likeness (QED) is 0.556. The first kappa shape index (κ1) is 18.6. The fourth-order valence-electron chi connectivity index (χ4n) is 3.30. The van der Waals surface area contributed by atoms with Crippen LogP contribution >= 0.6 is 35.3 Å². The summed E-state index contributed by atoms with van der Waals surface area (Å²) in [5, 5.41) is 1.98. The van der Waals surface area contributed by atoms with Crippen LogP contribution in [0.25, 0.3) is 6.08 Å². The number of rotatable bonds is 5. The van der Waals surface area contributed by atoms with E-state index in [1.165, 1.54) is 18.2 Å². The lowest BCUT2D eigenvalue weighted by Crippen LogP contribution is -2.44. The summed E-state index contributed by atoms with van der Waals surface area (Å²) >= 11 is 8.26. The topological polar surface area (TPSA) is 40.6 Å². The number of thiophene rings is 1. The van der Waals surface area contributed by atoms with Crippen LogP contribution < -0.4 is 0 Å². The normalized spacial score (nSPS) is 22.9. The van der Waals surface area contributed by atoms with E-state index in [4.69, 9.17) is 12.2 Å². The molecule has 1 atom stereocenters. The van der Waals surface area contributed by atoms with E-state index in [0.717, 1.165) is 30.7 Å². The Morgan fingerprint density at radius 1 is 1.44 bits per heavy atom. The van der Waals surface area contributed by atoms with Crippen molar-refractivity contribution in [2.75, 3.05) is 13.1 Å². The predicted molar refractivity (Wildman–Crippen MR) is 108 cm³/mol. The van der Waals surface area contributed by atoms with Gasteiger partial charge in [0.15, 0.2) is 0 Å². The summed E-state index contributed by atoms with van der Waals surface area (Å²) in [6.45, 7) is 3.35. The number of thiocarbonyl (C=S) groups is 1. The molecule has 0 N–H and O–H groups in total. The van der Waals surface area contributed by atoms with Gasteiger partial charge in [0.1, 0.15) is 4.32 Å². The molecule has 2 amide bonds. The van der Waals surface area contributed by atoms with Gasteiger partial charge in [-0.25, -0.2) is 0 Å². The Bertz CT molecular complexity index is 685. The Morgan fingerprint density at radius 2 is 2.28 bits per heavy atom. The third kappa shape index (κ3) is 4.33. The predicted octanol–water partition coefficient (Wildman–Crippen LogP) is 4.13. The van der Waals surface area contributed by atoms with E-state index in [2.05, 4.69) is 6.92 Å². The van der Waals surface area contributed by atoms with Gasteiger partial charge in [0, 0.05) is 30.4 Å². The molecule has 0 radical (unpaired) electrons. The van der Waals surface area contributed by atoms with Crippen LogP contribution in [0, 0.1) is 0 Å². The van der Waals surface area contributed by atoms with Crippen molar-refractivity contribution in [2.24, 2.45) is 0 Å². The van der Waals surface area contributed by atoms with E-state index >= 15 is 0 Å². The van der Waals surface area contributed by atoms with E-state index in [9.17, 15) is 9.59 Å². The Morgan fingerprint density at radius 3 is 3.00 bits per heavy atom. The minimum Gasteiger partial charge on any atom is -0.340 e. The first-order valence-electron chi connectivity index (χ1n) is 8.68. The zero-order valence-corrected chi connectivity index (χ0v) is 16.7. The maximum atomic E-state index is 12.6. The molecule has 0 aliphatic carbocycles. The summed E-state index contributed by atoms with van der Waals surface area (Å²) < 4.78 is 0.547. The lowest BCUT2D eigenvalue weighted by Gasteiger charge is -2.35. The van der Waals surface area contributed by atoms with E-state index in [1.54, 1.807) is 16.2 Å². The Kier molecular flexibility index (Phi) is 6.30. The van der Waals surface area contributed by atoms with Gasteiger partial charge in [0.2, 0.25) is 5.91 Å². The molecule has 7 heteroatoms. The monoisotopic (exact) mass is 394 g/mol. The summed E-state index contributed by atoms with van der Waals surface area (Å²) in [6, 6.07) is 4.28. The molecule has 2 aliphatic rings. The number of hydrogen-bond donors (Lipinski definition) is 0. The fourth-order valence-corrected chi connectivity index (χ4v) is 5.33. The van der Waals surface area contributed by atoms with Crippen LogP contribution in [0.4, 0.5) is 0 Å². The SMILES string of the molecule is CC[C@H]1CCCCN1C(=O)CCN1C(=O)/C(=C\c2cccs2)SC1=S. The van der Waals surface area contributed by atoms with Crippen LogP contribution in [0.1, 0.15) is 43.9 Å². The molecular weight excluding hydrogens is 372 g/mol. The molecular formula is C18H22N2O2S3. The Labute approximate surface area is 162 Å². The first-order valence-corrected chi connectivity index (χ1v) is 10.8. The molecule has 0 unspecified atom stereocenters. The standard InChI is InChI=1S/C18H22N2O2S3/c1-2-13-6-3-4-9-19(13)16(21)8-10-20-17(22)15(25-18(20)23)12-14-7-5-11-24-14/h5,7,11-13H,2-4,6,8-10H2,1H3/b15-12+/t13-/m0/s1. The number of carbonyl (C=O) groups is 2. The lowest BCUT2D eigenvalue weighted by atomic mass is 9.99.